The van der Waals surface area contributed by atoms with E-state index in [0.29, 0.717) is 0 Å². The van der Waals surface area contributed by atoms with Gasteiger partial charge in [-0.25, -0.2) is 4.79 Å². The first-order valence-corrected chi connectivity index (χ1v) is 8.60. The molecule has 0 saturated carbocycles. The molecule has 1 aliphatic rings. The summed E-state index contributed by atoms with van der Waals surface area (Å²) in [6.07, 6.45) is -0.308. The normalized spacial score (nSPS) is 20.8. The summed E-state index contributed by atoms with van der Waals surface area (Å²) in [5, 5.41) is 6.60. The summed E-state index contributed by atoms with van der Waals surface area (Å²) in [4.78, 5) is 29.4. The van der Waals surface area contributed by atoms with Crippen LogP contribution >= 0.6 is 0 Å². The highest BCUT2D eigenvalue weighted by Gasteiger charge is 2.41. The van der Waals surface area contributed by atoms with Gasteiger partial charge < -0.3 is 10.1 Å². The third-order valence-electron chi connectivity index (χ3n) is 4.08. The van der Waals surface area contributed by atoms with Gasteiger partial charge in [0.15, 0.2) is 0 Å². The topological polar surface area (TPSA) is 107 Å². The van der Waals surface area contributed by atoms with Gasteiger partial charge in [-0.3, -0.25) is 9.69 Å². The summed E-state index contributed by atoms with van der Waals surface area (Å²) in [5.41, 5.74) is 8.97. The van der Waals surface area contributed by atoms with Gasteiger partial charge in [0.05, 0.1) is 12.1 Å². The van der Waals surface area contributed by atoms with Crippen LogP contribution in [0.25, 0.3) is 10.4 Å². The number of carbonyl (C=O) groups excluding carboxylic acids is 2. The van der Waals surface area contributed by atoms with Gasteiger partial charge in [-0.05, 0) is 45.2 Å². The Hall–Kier alpha value is -2.73. The lowest BCUT2D eigenvalue weighted by atomic mass is 10.1. The molecule has 140 valence electrons. The fourth-order valence-electron chi connectivity index (χ4n) is 2.88. The monoisotopic (exact) mass is 359 g/mol. The predicted octanol–water partition coefficient (Wildman–Crippen LogP) is 3.55. The van der Waals surface area contributed by atoms with E-state index in [4.69, 9.17) is 10.3 Å². The number of amides is 2. The van der Waals surface area contributed by atoms with Crippen molar-refractivity contribution in [1.29, 1.82) is 0 Å². The molecule has 1 aromatic carbocycles. The molecule has 0 spiro atoms. The smallest absolute Gasteiger partial charge is 0.410 e. The van der Waals surface area contributed by atoms with Crippen LogP contribution in [0, 0.1) is 0 Å². The quantitative estimate of drug-likeness (QED) is 0.504. The Morgan fingerprint density at radius 1 is 1.35 bits per heavy atom. The van der Waals surface area contributed by atoms with E-state index in [1.165, 1.54) is 4.90 Å². The van der Waals surface area contributed by atoms with E-state index in [1.807, 2.05) is 37.3 Å². The summed E-state index contributed by atoms with van der Waals surface area (Å²) in [7, 11) is 0. The molecule has 8 heteroatoms. The summed E-state index contributed by atoms with van der Waals surface area (Å²) >= 11 is 0. The Labute approximate surface area is 153 Å². The van der Waals surface area contributed by atoms with Crippen LogP contribution in [0.3, 0.4) is 0 Å². The molecule has 26 heavy (non-hydrogen) atoms. The number of hydrogen-bond acceptors (Lipinski definition) is 4. The molecule has 1 aliphatic heterocycles. The number of rotatable bonds is 4. The van der Waals surface area contributed by atoms with Gasteiger partial charge in [-0.2, -0.15) is 0 Å². The van der Waals surface area contributed by atoms with E-state index in [-0.39, 0.29) is 24.9 Å². The minimum atomic E-state index is -0.730. The molecule has 3 atom stereocenters. The van der Waals surface area contributed by atoms with Crippen LogP contribution in [0.5, 0.6) is 0 Å². The largest absolute Gasteiger partial charge is 0.444 e. The van der Waals surface area contributed by atoms with Crippen molar-refractivity contribution < 1.29 is 14.3 Å². The van der Waals surface area contributed by atoms with Crippen molar-refractivity contribution in [2.45, 2.75) is 57.8 Å². The van der Waals surface area contributed by atoms with Crippen molar-refractivity contribution in [1.82, 2.24) is 10.2 Å². The maximum absolute atomic E-state index is 12.8. The van der Waals surface area contributed by atoms with Crippen LogP contribution < -0.4 is 5.32 Å². The first-order chi connectivity index (χ1) is 12.2. The molecule has 0 aromatic heterocycles. The first kappa shape index (κ1) is 19.6. The second-order valence-electron chi connectivity index (χ2n) is 7.38. The van der Waals surface area contributed by atoms with Crippen LogP contribution in [0.4, 0.5) is 4.79 Å². The Balaban J connectivity index is 2.12. The number of likely N-dealkylation sites (tertiary alicyclic amines) is 1. The zero-order valence-electron chi connectivity index (χ0n) is 15.5. The highest BCUT2D eigenvalue weighted by atomic mass is 16.6. The van der Waals surface area contributed by atoms with Crippen molar-refractivity contribution in [2.75, 3.05) is 6.54 Å². The van der Waals surface area contributed by atoms with E-state index in [0.717, 1.165) is 5.56 Å². The average molecular weight is 359 g/mol. The number of nitrogens with zero attached hydrogens (tertiary/aromatic N) is 4. The maximum atomic E-state index is 12.8. The highest BCUT2D eigenvalue weighted by molar-refractivity contribution is 5.86. The summed E-state index contributed by atoms with van der Waals surface area (Å²) < 4.78 is 5.39. The summed E-state index contributed by atoms with van der Waals surface area (Å²) in [5.74, 6) is -0.289. The Morgan fingerprint density at radius 2 is 2.00 bits per heavy atom. The number of hydrogen-bond donors (Lipinski definition) is 1. The van der Waals surface area contributed by atoms with Gasteiger partial charge in [-0.1, -0.05) is 35.4 Å². The molecule has 0 aliphatic carbocycles. The van der Waals surface area contributed by atoms with E-state index in [2.05, 4.69) is 15.3 Å². The number of azide groups is 1. The fourth-order valence-corrected chi connectivity index (χ4v) is 2.88. The van der Waals surface area contributed by atoms with Crippen molar-refractivity contribution in [3.63, 3.8) is 0 Å². The fraction of sp³-hybridized carbons (Fsp3) is 0.556. The lowest BCUT2D eigenvalue weighted by Gasteiger charge is -2.28. The molecule has 0 unspecified atom stereocenters. The van der Waals surface area contributed by atoms with Gasteiger partial charge in [-0.15, -0.1) is 0 Å². The molecule has 2 rings (SSSR count). The van der Waals surface area contributed by atoms with Crippen LogP contribution in [0.1, 0.15) is 45.7 Å². The van der Waals surface area contributed by atoms with Gasteiger partial charge in [0, 0.05) is 11.5 Å². The molecule has 0 bridgehead atoms. The molecule has 1 heterocycles. The number of carbonyl (C=O) groups is 2. The van der Waals surface area contributed by atoms with Crippen LogP contribution in [-0.2, 0) is 9.53 Å². The van der Waals surface area contributed by atoms with E-state index in [1.54, 1.807) is 20.8 Å². The van der Waals surface area contributed by atoms with Gasteiger partial charge in [0.2, 0.25) is 5.91 Å². The number of ether oxygens (including phenoxy) is 1. The average Bonchev–Trinajstić information content (AvgIpc) is 2.99. The lowest BCUT2D eigenvalue weighted by Crippen LogP contribution is -2.48. The SMILES string of the molecule is C[C@@H](NC(=O)[C@@H]1C[C@H](N=[N+]=[N-])CN1C(=O)OC(C)(C)C)c1ccccc1. The molecule has 1 fully saturated rings. The van der Waals surface area contributed by atoms with E-state index in [9.17, 15) is 9.59 Å². The minimum absolute atomic E-state index is 0.163. The number of benzene rings is 1. The van der Waals surface area contributed by atoms with Crippen molar-refractivity contribution in [3.8, 4) is 0 Å². The minimum Gasteiger partial charge on any atom is -0.444 e. The molecule has 1 N–H and O–H groups in total. The molecular weight excluding hydrogens is 334 g/mol. The van der Waals surface area contributed by atoms with Gasteiger partial charge >= 0.3 is 6.09 Å². The zero-order valence-corrected chi connectivity index (χ0v) is 15.5. The highest BCUT2D eigenvalue weighted by Crippen LogP contribution is 2.24. The zero-order chi connectivity index (χ0) is 19.3. The molecule has 8 nitrogen and oxygen atoms in total. The molecule has 1 saturated heterocycles. The third kappa shape index (κ3) is 5.13. The summed E-state index contributed by atoms with van der Waals surface area (Å²) in [6.45, 7) is 7.33. The van der Waals surface area contributed by atoms with Crippen LogP contribution in [0.2, 0.25) is 0 Å². The first-order valence-electron chi connectivity index (χ1n) is 8.60. The molecule has 2 amide bonds. The second kappa shape index (κ2) is 8.10. The second-order valence-corrected chi connectivity index (χ2v) is 7.38. The van der Waals surface area contributed by atoms with Crippen LogP contribution in [0.15, 0.2) is 35.4 Å². The van der Waals surface area contributed by atoms with E-state index < -0.39 is 23.8 Å². The predicted molar refractivity (Wildman–Crippen MR) is 97.3 cm³/mol. The molecular formula is C18H25N5O3. The number of nitrogens with one attached hydrogen (secondary N) is 1. The Morgan fingerprint density at radius 3 is 2.58 bits per heavy atom. The standard InChI is InChI=1S/C18H25N5O3/c1-12(13-8-6-5-7-9-13)20-16(24)15-10-14(21-22-19)11-23(15)17(25)26-18(2,3)4/h5-9,12,14-15H,10-11H2,1-4H3,(H,20,24)/t12-,14+,15+/m1/s1. The lowest BCUT2D eigenvalue weighted by molar-refractivity contribution is -0.126. The van der Waals surface area contributed by atoms with Crippen LogP contribution in [-0.4, -0.2) is 41.1 Å². The van der Waals surface area contributed by atoms with Gasteiger partial charge in [0.1, 0.15) is 11.6 Å². The van der Waals surface area contributed by atoms with E-state index >= 15 is 0 Å². The molecule has 1 aromatic rings. The summed E-state index contributed by atoms with van der Waals surface area (Å²) in [6, 6.07) is 8.17. The molecule has 0 radical (unpaired) electrons. The Bertz CT molecular complexity index is 695. The Kier molecular flexibility index (Phi) is 6.10. The van der Waals surface area contributed by atoms with Gasteiger partial charge in [0.25, 0.3) is 0 Å². The van der Waals surface area contributed by atoms with Crippen molar-refractivity contribution in [2.24, 2.45) is 5.11 Å². The van der Waals surface area contributed by atoms with Crippen molar-refractivity contribution in [3.05, 3.63) is 46.3 Å². The third-order valence-corrected chi connectivity index (χ3v) is 4.08. The van der Waals surface area contributed by atoms with Crippen molar-refractivity contribution >= 4 is 12.0 Å². The maximum Gasteiger partial charge on any atom is 0.410 e.